The van der Waals surface area contributed by atoms with Crippen LogP contribution in [0.15, 0.2) is 42.7 Å². The maximum atomic E-state index is 5.53. The van der Waals surface area contributed by atoms with Gasteiger partial charge in [-0.15, -0.1) is 0 Å². The van der Waals surface area contributed by atoms with E-state index in [9.17, 15) is 0 Å². The van der Waals surface area contributed by atoms with Crippen molar-refractivity contribution in [3.8, 4) is 11.6 Å². The van der Waals surface area contributed by atoms with Gasteiger partial charge in [0.1, 0.15) is 19.0 Å². The molecule has 5 heteroatoms. The summed E-state index contributed by atoms with van der Waals surface area (Å²) in [5.74, 6) is 1.35. The van der Waals surface area contributed by atoms with Gasteiger partial charge in [-0.2, -0.15) is 0 Å². The fourth-order valence-electron chi connectivity index (χ4n) is 1.64. The van der Waals surface area contributed by atoms with Crippen LogP contribution in [0.5, 0.6) is 11.6 Å². The van der Waals surface area contributed by atoms with Gasteiger partial charge >= 0.3 is 0 Å². The molecule has 0 bridgehead atoms. The zero-order chi connectivity index (χ0) is 14.9. The molecule has 1 aromatic heterocycles. The summed E-state index contributed by atoms with van der Waals surface area (Å²) in [6, 6.07) is 10.1. The first-order valence-corrected chi connectivity index (χ1v) is 7.09. The van der Waals surface area contributed by atoms with Gasteiger partial charge in [0.25, 0.3) is 0 Å². The minimum atomic E-state index is 0.429. The second kappa shape index (κ2) is 8.21. The van der Waals surface area contributed by atoms with Crippen LogP contribution in [0, 0.1) is 0 Å². The van der Waals surface area contributed by atoms with Crippen molar-refractivity contribution in [1.82, 2.24) is 15.3 Å². The van der Waals surface area contributed by atoms with E-state index in [1.54, 1.807) is 12.4 Å². The maximum Gasteiger partial charge on any atom is 0.232 e. The molecule has 0 saturated heterocycles. The van der Waals surface area contributed by atoms with E-state index in [0.29, 0.717) is 31.7 Å². The minimum Gasteiger partial charge on any atom is -0.490 e. The molecule has 5 nitrogen and oxygen atoms in total. The van der Waals surface area contributed by atoms with Gasteiger partial charge in [-0.3, -0.25) is 4.98 Å². The van der Waals surface area contributed by atoms with Crippen LogP contribution in [0.1, 0.15) is 19.5 Å². The van der Waals surface area contributed by atoms with Crippen molar-refractivity contribution in [3.63, 3.8) is 0 Å². The lowest BCUT2D eigenvalue weighted by Gasteiger charge is -2.09. The molecule has 0 spiro atoms. The Kier molecular flexibility index (Phi) is 5.97. The highest BCUT2D eigenvalue weighted by molar-refractivity contribution is 5.20. The van der Waals surface area contributed by atoms with Crippen molar-refractivity contribution in [2.45, 2.75) is 26.4 Å². The van der Waals surface area contributed by atoms with E-state index < -0.39 is 0 Å². The lowest BCUT2D eigenvalue weighted by molar-refractivity contribution is 0.211. The molecule has 0 aliphatic carbocycles. The number of benzene rings is 1. The molecule has 1 N–H and O–H groups in total. The molecule has 0 aliphatic heterocycles. The number of rotatable bonds is 8. The summed E-state index contributed by atoms with van der Waals surface area (Å²) in [6.07, 6.45) is 3.36. The van der Waals surface area contributed by atoms with Crippen molar-refractivity contribution in [3.05, 3.63) is 48.4 Å². The molecule has 21 heavy (non-hydrogen) atoms. The highest BCUT2D eigenvalue weighted by Gasteiger charge is 2.00. The number of para-hydroxylation sites is 1. The first kappa shape index (κ1) is 15.3. The SMILES string of the molecule is CC(C)NCc1cnc(OCCOc2ccccc2)cn1. The van der Waals surface area contributed by atoms with Crippen molar-refractivity contribution in [2.75, 3.05) is 13.2 Å². The molecule has 2 rings (SSSR count). The van der Waals surface area contributed by atoms with E-state index in [-0.39, 0.29) is 0 Å². The standard InChI is InChI=1S/C16H21N3O2/c1-13(2)17-10-14-11-19-16(12-18-14)21-9-8-20-15-6-4-3-5-7-15/h3-7,11-13,17H,8-10H2,1-2H3. The summed E-state index contributed by atoms with van der Waals surface area (Å²) in [7, 11) is 0. The number of hydrogen-bond donors (Lipinski definition) is 1. The molecular weight excluding hydrogens is 266 g/mol. The smallest absolute Gasteiger partial charge is 0.232 e. The van der Waals surface area contributed by atoms with Crippen LogP contribution in [-0.2, 0) is 6.54 Å². The molecule has 0 atom stereocenters. The van der Waals surface area contributed by atoms with E-state index in [1.165, 1.54) is 0 Å². The average molecular weight is 287 g/mol. The van der Waals surface area contributed by atoms with Crippen LogP contribution in [-0.4, -0.2) is 29.2 Å². The summed E-state index contributed by atoms with van der Waals surface area (Å²) in [5.41, 5.74) is 0.900. The largest absolute Gasteiger partial charge is 0.490 e. The van der Waals surface area contributed by atoms with Crippen LogP contribution in [0.3, 0.4) is 0 Å². The number of nitrogens with one attached hydrogen (secondary N) is 1. The predicted molar refractivity (Wildman–Crippen MR) is 81.4 cm³/mol. The van der Waals surface area contributed by atoms with Gasteiger partial charge in [-0.05, 0) is 12.1 Å². The van der Waals surface area contributed by atoms with Crippen LogP contribution >= 0.6 is 0 Å². The van der Waals surface area contributed by atoms with E-state index >= 15 is 0 Å². The van der Waals surface area contributed by atoms with E-state index in [1.807, 2.05) is 30.3 Å². The molecule has 0 saturated carbocycles. The number of nitrogens with zero attached hydrogens (tertiary/aromatic N) is 2. The Labute approximate surface area is 125 Å². The third kappa shape index (κ3) is 5.79. The molecule has 1 heterocycles. The molecule has 0 unspecified atom stereocenters. The Morgan fingerprint density at radius 2 is 1.76 bits per heavy atom. The Hall–Kier alpha value is -2.14. The van der Waals surface area contributed by atoms with Crippen molar-refractivity contribution in [2.24, 2.45) is 0 Å². The van der Waals surface area contributed by atoms with Crippen LogP contribution in [0.25, 0.3) is 0 Å². The van der Waals surface area contributed by atoms with Gasteiger partial charge in [0.2, 0.25) is 5.88 Å². The maximum absolute atomic E-state index is 5.53. The first-order valence-electron chi connectivity index (χ1n) is 7.09. The highest BCUT2D eigenvalue weighted by atomic mass is 16.5. The lowest BCUT2D eigenvalue weighted by atomic mass is 10.3. The average Bonchev–Trinajstić information content (AvgIpc) is 2.52. The van der Waals surface area contributed by atoms with E-state index in [0.717, 1.165) is 11.4 Å². The Morgan fingerprint density at radius 3 is 2.43 bits per heavy atom. The Morgan fingerprint density at radius 1 is 1.00 bits per heavy atom. The van der Waals surface area contributed by atoms with E-state index in [4.69, 9.17) is 9.47 Å². The van der Waals surface area contributed by atoms with Crippen LogP contribution < -0.4 is 14.8 Å². The fourth-order valence-corrected chi connectivity index (χ4v) is 1.64. The minimum absolute atomic E-state index is 0.429. The lowest BCUT2D eigenvalue weighted by Crippen LogP contribution is -2.22. The number of ether oxygens (including phenoxy) is 2. The van der Waals surface area contributed by atoms with Gasteiger partial charge in [0, 0.05) is 12.6 Å². The molecule has 112 valence electrons. The molecule has 0 amide bonds. The number of aromatic nitrogens is 2. The molecule has 1 aromatic carbocycles. The normalized spacial score (nSPS) is 10.6. The summed E-state index contributed by atoms with van der Waals surface area (Å²) in [5, 5.41) is 3.29. The second-order valence-corrected chi connectivity index (χ2v) is 4.89. The van der Waals surface area contributed by atoms with Gasteiger partial charge in [-0.25, -0.2) is 4.98 Å². The summed E-state index contributed by atoms with van der Waals surface area (Å²) >= 11 is 0. The zero-order valence-corrected chi connectivity index (χ0v) is 12.5. The fraction of sp³-hybridized carbons (Fsp3) is 0.375. The van der Waals surface area contributed by atoms with Gasteiger partial charge < -0.3 is 14.8 Å². The third-order valence-corrected chi connectivity index (χ3v) is 2.72. The van der Waals surface area contributed by atoms with Crippen molar-refractivity contribution in [1.29, 1.82) is 0 Å². The topological polar surface area (TPSA) is 56.3 Å². The van der Waals surface area contributed by atoms with Gasteiger partial charge in [-0.1, -0.05) is 32.0 Å². The Bertz CT molecular complexity index is 515. The monoisotopic (exact) mass is 287 g/mol. The van der Waals surface area contributed by atoms with Gasteiger partial charge in [0.05, 0.1) is 18.1 Å². The molecule has 0 aliphatic rings. The first-order chi connectivity index (χ1) is 10.2. The third-order valence-electron chi connectivity index (χ3n) is 2.72. The van der Waals surface area contributed by atoms with Crippen molar-refractivity contribution < 1.29 is 9.47 Å². The van der Waals surface area contributed by atoms with Crippen molar-refractivity contribution >= 4 is 0 Å². The highest BCUT2D eigenvalue weighted by Crippen LogP contribution is 2.08. The summed E-state index contributed by atoms with van der Waals surface area (Å²) in [4.78, 5) is 8.52. The zero-order valence-electron chi connectivity index (χ0n) is 12.5. The molecule has 0 radical (unpaired) electrons. The quantitative estimate of drug-likeness (QED) is 0.756. The van der Waals surface area contributed by atoms with Gasteiger partial charge in [0.15, 0.2) is 0 Å². The van der Waals surface area contributed by atoms with E-state index in [2.05, 4.69) is 29.1 Å². The van der Waals surface area contributed by atoms with Crippen LogP contribution in [0.2, 0.25) is 0 Å². The summed E-state index contributed by atoms with van der Waals surface area (Å²) < 4.78 is 11.0. The Balaban J connectivity index is 1.69. The molecule has 2 aromatic rings. The summed E-state index contributed by atoms with van der Waals surface area (Å²) in [6.45, 7) is 5.81. The second-order valence-electron chi connectivity index (χ2n) is 4.89. The van der Waals surface area contributed by atoms with Crippen LogP contribution in [0.4, 0.5) is 0 Å². The molecule has 0 fully saturated rings. The number of hydrogen-bond acceptors (Lipinski definition) is 5. The predicted octanol–water partition coefficient (Wildman–Crippen LogP) is 2.43. The molecular formula is C16H21N3O2.